The molecular weight excluding hydrogens is 504 g/mol. The number of hydrogen-bond donors (Lipinski definition) is 1. The standard InChI is InChI=1S/C34H36O6/c1-22-25-15-18-38-28(25)20-27-26(22)19-29(40-31(36)24-13-8-5-9-14-24)34(37)32(2,16-10-17-33(27,34)3)21-39-30(35)23-11-6-4-7-12-23/h4-9,11-15,18,26-27,29,37H,1,10,16-17,19-21H2,2-3H3/t26-,27-,29+,32+,33+,34+/m0/s1. The van der Waals surface area contributed by atoms with Crippen molar-refractivity contribution in [3.05, 3.63) is 102 Å². The molecular formula is C34H36O6. The molecule has 6 heteroatoms. The van der Waals surface area contributed by atoms with Crippen molar-refractivity contribution in [3.8, 4) is 0 Å². The van der Waals surface area contributed by atoms with E-state index in [1.807, 2.05) is 25.1 Å². The van der Waals surface area contributed by atoms with Crippen LogP contribution in [0.15, 0.2) is 84.0 Å². The van der Waals surface area contributed by atoms with E-state index in [1.165, 1.54) is 0 Å². The van der Waals surface area contributed by atoms with Crippen LogP contribution in [0, 0.1) is 22.7 Å². The Morgan fingerprint density at radius 3 is 2.30 bits per heavy atom. The highest BCUT2D eigenvalue weighted by molar-refractivity contribution is 5.90. The monoisotopic (exact) mass is 540 g/mol. The summed E-state index contributed by atoms with van der Waals surface area (Å²) in [7, 11) is 0. The van der Waals surface area contributed by atoms with Gasteiger partial charge in [-0.2, -0.15) is 0 Å². The molecule has 1 N–H and O–H groups in total. The number of benzene rings is 2. The molecule has 2 aromatic carbocycles. The second-order valence-electron chi connectivity index (χ2n) is 12.2. The van der Waals surface area contributed by atoms with Crippen LogP contribution < -0.4 is 0 Å². The summed E-state index contributed by atoms with van der Waals surface area (Å²) < 4.78 is 18.0. The van der Waals surface area contributed by atoms with Gasteiger partial charge >= 0.3 is 11.9 Å². The fourth-order valence-electron chi connectivity index (χ4n) is 8.06. The lowest BCUT2D eigenvalue weighted by atomic mass is 9.41. The minimum Gasteiger partial charge on any atom is -0.469 e. The minimum atomic E-state index is -1.47. The first kappa shape index (κ1) is 26.6. The fraction of sp³-hybridized carbons (Fsp3) is 0.412. The molecule has 1 aromatic heterocycles. The maximum absolute atomic E-state index is 13.4. The van der Waals surface area contributed by atoms with Crippen LogP contribution in [0.5, 0.6) is 0 Å². The van der Waals surface area contributed by atoms with Crippen LogP contribution in [0.25, 0.3) is 5.57 Å². The molecule has 3 aromatic rings. The van der Waals surface area contributed by atoms with Gasteiger partial charge in [0.25, 0.3) is 0 Å². The maximum Gasteiger partial charge on any atom is 0.338 e. The van der Waals surface area contributed by atoms with Crippen LogP contribution in [-0.4, -0.2) is 35.4 Å². The minimum absolute atomic E-state index is 0.0105. The Kier molecular flexibility index (Phi) is 6.49. The molecule has 208 valence electrons. The zero-order valence-corrected chi connectivity index (χ0v) is 23.1. The molecule has 0 bridgehead atoms. The summed E-state index contributed by atoms with van der Waals surface area (Å²) in [5.41, 5.74) is -0.112. The molecule has 0 aliphatic heterocycles. The number of esters is 2. The highest BCUT2D eigenvalue weighted by Crippen LogP contribution is 2.67. The molecule has 3 aliphatic carbocycles. The summed E-state index contributed by atoms with van der Waals surface area (Å²) in [5.74, 6) is 0.0187. The number of rotatable bonds is 5. The van der Waals surface area contributed by atoms with E-state index in [-0.39, 0.29) is 18.4 Å². The highest BCUT2D eigenvalue weighted by Gasteiger charge is 2.71. The molecule has 0 saturated heterocycles. The van der Waals surface area contributed by atoms with Crippen LogP contribution in [0.1, 0.15) is 71.6 Å². The highest BCUT2D eigenvalue weighted by atomic mass is 16.6. The van der Waals surface area contributed by atoms with Gasteiger partial charge in [0, 0.05) is 22.8 Å². The number of carbonyl (C=O) groups excluding carboxylic acids is 2. The Hall–Kier alpha value is -3.64. The number of ether oxygens (including phenoxy) is 2. The van der Waals surface area contributed by atoms with Crippen LogP contribution in [0.2, 0.25) is 0 Å². The Morgan fingerprint density at radius 1 is 0.975 bits per heavy atom. The second kappa shape index (κ2) is 9.77. The predicted octanol–water partition coefficient (Wildman–Crippen LogP) is 6.50. The number of furan rings is 1. The van der Waals surface area contributed by atoms with E-state index in [0.717, 1.165) is 29.7 Å². The molecule has 0 spiro atoms. The smallest absolute Gasteiger partial charge is 0.338 e. The van der Waals surface area contributed by atoms with Crippen molar-refractivity contribution in [2.45, 2.75) is 57.7 Å². The molecule has 3 aliphatic rings. The quantitative estimate of drug-likeness (QED) is 0.372. The van der Waals surface area contributed by atoms with Crippen LogP contribution in [0.3, 0.4) is 0 Å². The largest absolute Gasteiger partial charge is 0.469 e. The van der Waals surface area contributed by atoms with Gasteiger partial charge in [0.15, 0.2) is 0 Å². The van der Waals surface area contributed by atoms with E-state index in [4.69, 9.17) is 13.9 Å². The first-order valence-corrected chi connectivity index (χ1v) is 14.1. The summed E-state index contributed by atoms with van der Waals surface area (Å²) in [4.78, 5) is 26.4. The zero-order chi connectivity index (χ0) is 28.1. The summed E-state index contributed by atoms with van der Waals surface area (Å²) in [6.07, 6.45) is 4.20. The van der Waals surface area contributed by atoms with Crippen molar-refractivity contribution in [2.75, 3.05) is 6.61 Å². The fourth-order valence-corrected chi connectivity index (χ4v) is 8.06. The van der Waals surface area contributed by atoms with Crippen molar-refractivity contribution >= 4 is 17.5 Å². The van der Waals surface area contributed by atoms with E-state index in [9.17, 15) is 14.7 Å². The average Bonchev–Trinajstić information content (AvgIpc) is 3.45. The lowest BCUT2D eigenvalue weighted by Crippen LogP contribution is -2.74. The zero-order valence-electron chi connectivity index (χ0n) is 23.1. The van der Waals surface area contributed by atoms with Gasteiger partial charge in [-0.1, -0.05) is 63.2 Å². The molecule has 0 unspecified atom stereocenters. The van der Waals surface area contributed by atoms with Crippen LogP contribution in [-0.2, 0) is 15.9 Å². The summed E-state index contributed by atoms with van der Waals surface area (Å²) in [6, 6.07) is 19.7. The third kappa shape index (κ3) is 3.95. The van der Waals surface area contributed by atoms with Crippen LogP contribution >= 0.6 is 0 Å². The molecule has 0 radical (unpaired) electrons. The number of carbonyl (C=O) groups is 2. The van der Waals surface area contributed by atoms with Gasteiger partial charge in [-0.15, -0.1) is 0 Å². The molecule has 2 saturated carbocycles. The number of fused-ring (bicyclic) bond motifs is 4. The molecule has 0 amide bonds. The average molecular weight is 541 g/mol. The number of hydrogen-bond acceptors (Lipinski definition) is 6. The van der Waals surface area contributed by atoms with Gasteiger partial charge in [-0.25, -0.2) is 9.59 Å². The van der Waals surface area contributed by atoms with Gasteiger partial charge in [0.2, 0.25) is 0 Å². The Bertz CT molecular complexity index is 1430. The van der Waals surface area contributed by atoms with Crippen molar-refractivity contribution in [3.63, 3.8) is 0 Å². The van der Waals surface area contributed by atoms with Crippen molar-refractivity contribution in [1.82, 2.24) is 0 Å². The van der Waals surface area contributed by atoms with Gasteiger partial charge in [0.1, 0.15) is 17.5 Å². The van der Waals surface area contributed by atoms with Gasteiger partial charge in [0.05, 0.1) is 24.0 Å². The summed E-state index contributed by atoms with van der Waals surface area (Å²) >= 11 is 0. The third-order valence-electron chi connectivity index (χ3n) is 10.2. The predicted molar refractivity (Wildman–Crippen MR) is 150 cm³/mol. The molecule has 6 rings (SSSR count). The first-order chi connectivity index (χ1) is 19.2. The van der Waals surface area contributed by atoms with Crippen molar-refractivity contribution in [1.29, 1.82) is 0 Å². The molecule has 6 atom stereocenters. The topological polar surface area (TPSA) is 86.0 Å². The van der Waals surface area contributed by atoms with Crippen LogP contribution in [0.4, 0.5) is 0 Å². The van der Waals surface area contributed by atoms with E-state index in [1.54, 1.807) is 54.8 Å². The SMILES string of the molecule is C=C1c2ccoc2C[C@H]2[C@H]1C[C@@H](OC(=O)c1ccccc1)[C@@]1(O)[C@@](C)(COC(=O)c3ccccc3)CCC[C@]21C. The van der Waals surface area contributed by atoms with Crippen molar-refractivity contribution < 1.29 is 28.6 Å². The van der Waals surface area contributed by atoms with E-state index < -0.39 is 34.5 Å². The second-order valence-corrected chi connectivity index (χ2v) is 12.2. The summed E-state index contributed by atoms with van der Waals surface area (Å²) in [5, 5.41) is 13.1. The molecule has 2 fully saturated rings. The van der Waals surface area contributed by atoms with Gasteiger partial charge in [-0.05, 0) is 67.0 Å². The summed E-state index contributed by atoms with van der Waals surface area (Å²) in [6.45, 7) is 8.55. The van der Waals surface area contributed by atoms with E-state index >= 15 is 0 Å². The maximum atomic E-state index is 13.4. The first-order valence-electron chi connectivity index (χ1n) is 14.1. The van der Waals surface area contributed by atoms with E-state index in [0.29, 0.717) is 30.4 Å². The number of allylic oxidation sites excluding steroid dienone is 1. The normalized spacial score (nSPS) is 32.8. The van der Waals surface area contributed by atoms with Crippen molar-refractivity contribution in [2.24, 2.45) is 22.7 Å². The molecule has 6 nitrogen and oxygen atoms in total. The Labute approximate surface area is 235 Å². The molecule has 1 heterocycles. The lowest BCUT2D eigenvalue weighted by Gasteiger charge is -2.67. The van der Waals surface area contributed by atoms with Gasteiger partial charge in [-0.3, -0.25) is 0 Å². The Balaban J connectivity index is 1.40. The molecule has 40 heavy (non-hydrogen) atoms. The Morgan fingerprint density at radius 2 is 1.62 bits per heavy atom. The van der Waals surface area contributed by atoms with E-state index in [2.05, 4.69) is 13.5 Å². The number of aliphatic hydroxyl groups is 1. The lowest BCUT2D eigenvalue weighted by molar-refractivity contribution is -0.289. The third-order valence-corrected chi connectivity index (χ3v) is 10.2. The van der Waals surface area contributed by atoms with Gasteiger partial charge < -0.3 is 19.0 Å².